The Kier molecular flexibility index (Phi) is 5.21. The first-order chi connectivity index (χ1) is 11.6. The number of benzene rings is 2. The Bertz CT molecular complexity index is 765. The molecule has 0 fully saturated rings. The van der Waals surface area contributed by atoms with Crippen LogP contribution in [0.1, 0.15) is 29.8 Å². The average molecular weight is 350 g/mol. The van der Waals surface area contributed by atoms with Crippen LogP contribution in [0, 0.1) is 0 Å². The molecule has 0 spiro atoms. The molecule has 0 unspecified atom stereocenters. The molecule has 0 N–H and O–H groups in total. The Morgan fingerprint density at radius 2 is 1.72 bits per heavy atom. The van der Waals surface area contributed by atoms with Gasteiger partial charge in [-0.25, -0.2) is 4.79 Å². The SMILES string of the molecule is C=CC(C)(C)Oc1cc(C(=O)Oc2ccccc2)ccc1C(F)(F)F. The van der Waals surface area contributed by atoms with Crippen LogP contribution in [-0.2, 0) is 6.18 Å². The number of hydrogen-bond acceptors (Lipinski definition) is 3. The van der Waals surface area contributed by atoms with Crippen LogP contribution in [0.2, 0.25) is 0 Å². The third-order valence-electron chi connectivity index (χ3n) is 3.34. The second-order valence-corrected chi connectivity index (χ2v) is 5.82. The fourth-order valence-corrected chi connectivity index (χ4v) is 1.95. The summed E-state index contributed by atoms with van der Waals surface area (Å²) in [7, 11) is 0. The Balaban J connectivity index is 2.37. The second kappa shape index (κ2) is 7.01. The molecule has 0 radical (unpaired) electrons. The van der Waals surface area contributed by atoms with E-state index in [0.717, 1.165) is 18.2 Å². The number of ether oxygens (including phenoxy) is 2. The topological polar surface area (TPSA) is 35.5 Å². The van der Waals surface area contributed by atoms with Crippen molar-refractivity contribution < 1.29 is 27.4 Å². The van der Waals surface area contributed by atoms with Gasteiger partial charge in [-0.05, 0) is 50.3 Å². The van der Waals surface area contributed by atoms with Crippen LogP contribution >= 0.6 is 0 Å². The fourth-order valence-electron chi connectivity index (χ4n) is 1.95. The van der Waals surface area contributed by atoms with Gasteiger partial charge in [0.25, 0.3) is 0 Å². The Hall–Kier alpha value is -2.76. The van der Waals surface area contributed by atoms with Gasteiger partial charge in [0.15, 0.2) is 0 Å². The van der Waals surface area contributed by atoms with Crippen molar-refractivity contribution >= 4 is 5.97 Å². The van der Waals surface area contributed by atoms with Crippen LogP contribution in [0.3, 0.4) is 0 Å². The molecule has 3 nitrogen and oxygen atoms in total. The zero-order valence-corrected chi connectivity index (χ0v) is 13.8. The van der Waals surface area contributed by atoms with E-state index in [1.807, 2.05) is 0 Å². The van der Waals surface area contributed by atoms with Crippen molar-refractivity contribution in [1.29, 1.82) is 0 Å². The maximum atomic E-state index is 13.2. The molecule has 0 amide bonds. The van der Waals surface area contributed by atoms with E-state index < -0.39 is 29.1 Å². The molecule has 25 heavy (non-hydrogen) atoms. The molecule has 2 aromatic rings. The predicted octanol–water partition coefficient (Wildman–Crippen LogP) is 5.27. The smallest absolute Gasteiger partial charge is 0.419 e. The Morgan fingerprint density at radius 1 is 1.08 bits per heavy atom. The van der Waals surface area contributed by atoms with Crippen LogP contribution in [0.5, 0.6) is 11.5 Å². The molecule has 0 aromatic heterocycles. The maximum absolute atomic E-state index is 13.2. The van der Waals surface area contributed by atoms with E-state index >= 15 is 0 Å². The van der Waals surface area contributed by atoms with Gasteiger partial charge in [-0.2, -0.15) is 13.2 Å². The molecule has 0 bridgehead atoms. The number of alkyl halides is 3. The van der Waals surface area contributed by atoms with E-state index in [0.29, 0.717) is 5.75 Å². The third-order valence-corrected chi connectivity index (χ3v) is 3.34. The van der Waals surface area contributed by atoms with Crippen molar-refractivity contribution in [2.75, 3.05) is 0 Å². The molecule has 0 saturated carbocycles. The molecule has 0 saturated heterocycles. The number of esters is 1. The van der Waals surface area contributed by atoms with E-state index in [2.05, 4.69) is 6.58 Å². The average Bonchev–Trinajstić information content (AvgIpc) is 2.54. The Labute approximate surface area is 143 Å². The van der Waals surface area contributed by atoms with Gasteiger partial charge in [0.2, 0.25) is 0 Å². The molecule has 2 aromatic carbocycles. The van der Waals surface area contributed by atoms with E-state index in [-0.39, 0.29) is 5.56 Å². The van der Waals surface area contributed by atoms with Crippen molar-refractivity contribution in [3.05, 3.63) is 72.3 Å². The number of para-hydroxylation sites is 1. The van der Waals surface area contributed by atoms with Crippen LogP contribution < -0.4 is 9.47 Å². The maximum Gasteiger partial charge on any atom is 0.419 e. The summed E-state index contributed by atoms with van der Waals surface area (Å²) in [6.07, 6.45) is -3.24. The number of halogens is 3. The molecule has 0 atom stereocenters. The lowest BCUT2D eigenvalue weighted by molar-refractivity contribution is -0.139. The highest BCUT2D eigenvalue weighted by atomic mass is 19.4. The van der Waals surface area contributed by atoms with E-state index in [1.54, 1.807) is 44.2 Å². The molecule has 0 heterocycles. The van der Waals surface area contributed by atoms with Crippen molar-refractivity contribution in [3.8, 4) is 11.5 Å². The van der Waals surface area contributed by atoms with Crippen LogP contribution in [0.25, 0.3) is 0 Å². The predicted molar refractivity (Wildman–Crippen MR) is 87.7 cm³/mol. The van der Waals surface area contributed by atoms with Crippen LogP contribution in [-0.4, -0.2) is 11.6 Å². The monoisotopic (exact) mass is 350 g/mol. The van der Waals surface area contributed by atoms with E-state index in [9.17, 15) is 18.0 Å². The first-order valence-corrected chi connectivity index (χ1v) is 7.43. The minimum atomic E-state index is -4.62. The van der Waals surface area contributed by atoms with Gasteiger partial charge < -0.3 is 9.47 Å². The van der Waals surface area contributed by atoms with Gasteiger partial charge in [-0.15, -0.1) is 0 Å². The Morgan fingerprint density at radius 3 is 2.28 bits per heavy atom. The first kappa shape index (κ1) is 18.6. The molecule has 6 heteroatoms. The van der Waals surface area contributed by atoms with Gasteiger partial charge in [0.05, 0.1) is 11.1 Å². The van der Waals surface area contributed by atoms with E-state index in [4.69, 9.17) is 9.47 Å². The van der Waals surface area contributed by atoms with Gasteiger partial charge in [0.1, 0.15) is 17.1 Å². The zero-order chi connectivity index (χ0) is 18.7. The lowest BCUT2D eigenvalue weighted by Gasteiger charge is -2.25. The lowest BCUT2D eigenvalue weighted by atomic mass is 10.1. The first-order valence-electron chi connectivity index (χ1n) is 7.43. The summed E-state index contributed by atoms with van der Waals surface area (Å²) in [5.41, 5.74) is -2.06. The minimum absolute atomic E-state index is 0.0493. The third kappa shape index (κ3) is 4.86. The van der Waals surface area contributed by atoms with Gasteiger partial charge in [-0.1, -0.05) is 24.8 Å². The highest BCUT2D eigenvalue weighted by Gasteiger charge is 2.36. The van der Waals surface area contributed by atoms with E-state index in [1.165, 1.54) is 6.08 Å². The highest BCUT2D eigenvalue weighted by molar-refractivity contribution is 5.91. The highest BCUT2D eigenvalue weighted by Crippen LogP contribution is 2.38. The number of hydrogen-bond donors (Lipinski definition) is 0. The molecule has 132 valence electrons. The van der Waals surface area contributed by atoms with Gasteiger partial charge >= 0.3 is 12.1 Å². The minimum Gasteiger partial charge on any atom is -0.483 e. The number of rotatable bonds is 5. The summed E-state index contributed by atoms with van der Waals surface area (Å²) in [4.78, 5) is 12.2. The molecular formula is C19H17F3O3. The normalized spacial score (nSPS) is 11.7. The zero-order valence-electron chi connectivity index (χ0n) is 13.8. The van der Waals surface area contributed by atoms with Gasteiger partial charge in [-0.3, -0.25) is 0 Å². The molecule has 0 aliphatic rings. The fraction of sp³-hybridized carbons (Fsp3) is 0.211. The largest absolute Gasteiger partial charge is 0.483 e. The molecule has 0 aliphatic carbocycles. The second-order valence-electron chi connectivity index (χ2n) is 5.82. The summed E-state index contributed by atoms with van der Waals surface area (Å²) in [5, 5.41) is 0. The molecular weight excluding hydrogens is 333 g/mol. The van der Waals surface area contributed by atoms with Crippen molar-refractivity contribution in [1.82, 2.24) is 0 Å². The van der Waals surface area contributed by atoms with Crippen LogP contribution in [0.4, 0.5) is 13.2 Å². The summed E-state index contributed by atoms with van der Waals surface area (Å²) in [6.45, 7) is 6.67. The van der Waals surface area contributed by atoms with Crippen LogP contribution in [0.15, 0.2) is 61.2 Å². The number of carbonyl (C=O) groups is 1. The van der Waals surface area contributed by atoms with Crippen molar-refractivity contribution in [3.63, 3.8) is 0 Å². The standard InChI is InChI=1S/C19H17F3O3/c1-4-18(2,3)25-16-12-13(10-11-15(16)19(20,21)22)17(23)24-14-8-6-5-7-9-14/h4-12H,1H2,2-3H3. The van der Waals surface area contributed by atoms with Gasteiger partial charge in [0, 0.05) is 0 Å². The summed E-state index contributed by atoms with van der Waals surface area (Å²) >= 11 is 0. The summed E-state index contributed by atoms with van der Waals surface area (Å²) in [6, 6.07) is 11.1. The number of carbonyl (C=O) groups excluding carboxylic acids is 1. The van der Waals surface area contributed by atoms with Crippen molar-refractivity contribution in [2.24, 2.45) is 0 Å². The summed E-state index contributed by atoms with van der Waals surface area (Å²) < 4.78 is 50.1. The summed E-state index contributed by atoms with van der Waals surface area (Å²) in [5.74, 6) is -0.942. The quantitative estimate of drug-likeness (QED) is 0.419. The lowest BCUT2D eigenvalue weighted by Crippen LogP contribution is -2.26. The van der Waals surface area contributed by atoms with Crippen molar-refractivity contribution in [2.45, 2.75) is 25.6 Å². The molecule has 2 rings (SSSR count). The molecule has 0 aliphatic heterocycles.